The van der Waals surface area contributed by atoms with E-state index in [9.17, 15) is 4.79 Å². The smallest absolute Gasteiger partial charge is 0.332 e. The third-order valence-corrected chi connectivity index (χ3v) is 5.86. The van der Waals surface area contributed by atoms with E-state index in [1.54, 1.807) is 20.3 Å². The van der Waals surface area contributed by atoms with Gasteiger partial charge in [-0.25, -0.2) is 4.79 Å². The van der Waals surface area contributed by atoms with Crippen molar-refractivity contribution in [2.24, 2.45) is 0 Å². The lowest BCUT2D eigenvalue weighted by atomic mass is 9.66. The summed E-state index contributed by atoms with van der Waals surface area (Å²) in [7, 11) is 7.15. The Hall–Kier alpha value is -1.81. The molecule has 1 spiro atoms. The van der Waals surface area contributed by atoms with E-state index in [0.717, 1.165) is 29.6 Å². The molecule has 0 aromatic heterocycles. The predicted molar refractivity (Wildman–Crippen MR) is 91.3 cm³/mol. The lowest BCUT2D eigenvalue weighted by Gasteiger charge is -2.41. The molecule has 134 valence electrons. The highest BCUT2D eigenvalue weighted by Crippen LogP contribution is 2.62. The molecule has 0 saturated carbocycles. The highest BCUT2D eigenvalue weighted by molar-refractivity contribution is 5.94. The van der Waals surface area contributed by atoms with E-state index in [-0.39, 0.29) is 30.4 Å². The summed E-state index contributed by atoms with van der Waals surface area (Å²) in [6.07, 6.45) is 3.24. The van der Waals surface area contributed by atoms with Crippen molar-refractivity contribution in [1.29, 1.82) is 0 Å². The van der Waals surface area contributed by atoms with Crippen LogP contribution in [0.4, 0.5) is 0 Å². The molecule has 4 atom stereocenters. The lowest BCUT2D eigenvalue weighted by Crippen LogP contribution is -2.51. The second kappa shape index (κ2) is 5.60. The van der Waals surface area contributed by atoms with E-state index < -0.39 is 5.60 Å². The molecule has 3 aliphatic heterocycles. The molecule has 1 unspecified atom stereocenters. The minimum absolute atomic E-state index is 0.137. The largest absolute Gasteiger partial charge is 0.445 e. The van der Waals surface area contributed by atoms with E-state index in [1.807, 2.05) is 19.0 Å². The molecule has 4 aliphatic rings. The summed E-state index contributed by atoms with van der Waals surface area (Å²) in [4.78, 5) is 16.3. The number of ether oxygens (including phenoxy) is 3. The number of rotatable bonds is 3. The number of hydrogen-bond donors (Lipinski definition) is 0. The molecule has 4 rings (SSSR count). The van der Waals surface area contributed by atoms with E-state index in [0.29, 0.717) is 0 Å². The summed E-state index contributed by atoms with van der Waals surface area (Å²) in [5.74, 6) is 2.97. The first kappa shape index (κ1) is 16.6. The lowest BCUT2D eigenvalue weighted by molar-refractivity contribution is -0.151. The summed E-state index contributed by atoms with van der Waals surface area (Å²) < 4.78 is 17.0. The van der Waals surface area contributed by atoms with Crippen molar-refractivity contribution >= 4 is 5.97 Å². The third-order valence-electron chi connectivity index (χ3n) is 5.86. The molecule has 6 heteroatoms. The van der Waals surface area contributed by atoms with Crippen molar-refractivity contribution in [3.63, 3.8) is 0 Å². The van der Waals surface area contributed by atoms with Crippen molar-refractivity contribution in [2.45, 2.75) is 49.8 Å². The topological polar surface area (TPSA) is 51.2 Å². The van der Waals surface area contributed by atoms with Gasteiger partial charge in [-0.3, -0.25) is 4.90 Å². The first-order valence-corrected chi connectivity index (χ1v) is 8.67. The second-order valence-electron chi connectivity index (χ2n) is 7.26. The van der Waals surface area contributed by atoms with Crippen molar-refractivity contribution in [3.8, 4) is 12.0 Å². The molecule has 0 aromatic carbocycles. The fourth-order valence-electron chi connectivity index (χ4n) is 5.11. The van der Waals surface area contributed by atoms with Crippen LogP contribution in [0, 0.1) is 12.0 Å². The Bertz CT molecular complexity index is 740. The standard InChI is InChI=1S/C19H24N2O4/c1-11-17-12(8-9-20(2)3)13-10-16(22)25-19(13,17)15-7-6-14(21(11)15)18(23-4)24-5/h10-11,14-15,18H,6-7H2,1-5H3/t11-,14?,15+,19-/m0/s1. The third kappa shape index (κ3) is 2.00. The van der Waals surface area contributed by atoms with Gasteiger partial charge in [0.25, 0.3) is 0 Å². The summed E-state index contributed by atoms with van der Waals surface area (Å²) in [6, 6.07) is 3.50. The van der Waals surface area contributed by atoms with Gasteiger partial charge in [0.2, 0.25) is 0 Å². The summed E-state index contributed by atoms with van der Waals surface area (Å²) in [5.41, 5.74) is 2.45. The van der Waals surface area contributed by atoms with Gasteiger partial charge in [-0.1, -0.05) is 0 Å². The van der Waals surface area contributed by atoms with E-state index in [4.69, 9.17) is 14.2 Å². The maximum Gasteiger partial charge on any atom is 0.332 e. The van der Waals surface area contributed by atoms with Gasteiger partial charge in [0, 0.05) is 63.2 Å². The van der Waals surface area contributed by atoms with E-state index >= 15 is 0 Å². The van der Waals surface area contributed by atoms with E-state index in [2.05, 4.69) is 23.8 Å². The SMILES string of the molecule is COC(OC)C1CC[C@H]2N1[C@@H](C)C1=C(C#CN(C)C)C3=CC(=O)O[C@]312. The quantitative estimate of drug-likeness (QED) is 0.328. The van der Waals surface area contributed by atoms with Crippen LogP contribution in [0.25, 0.3) is 0 Å². The number of hydrogen-bond acceptors (Lipinski definition) is 6. The van der Waals surface area contributed by atoms with Gasteiger partial charge in [0.05, 0.1) is 12.1 Å². The molecule has 25 heavy (non-hydrogen) atoms. The van der Waals surface area contributed by atoms with Gasteiger partial charge in [0.1, 0.15) is 0 Å². The fourth-order valence-corrected chi connectivity index (χ4v) is 5.11. The molecule has 0 amide bonds. The molecule has 0 radical (unpaired) electrons. The van der Waals surface area contributed by atoms with Crippen molar-refractivity contribution in [3.05, 3.63) is 22.8 Å². The number of fused-ring (bicyclic) bond motifs is 1. The van der Waals surface area contributed by atoms with Gasteiger partial charge in [0.15, 0.2) is 11.9 Å². The van der Waals surface area contributed by atoms with Crippen LogP contribution in [0.2, 0.25) is 0 Å². The number of carbonyl (C=O) groups is 1. The van der Waals surface area contributed by atoms with Crippen LogP contribution in [0.3, 0.4) is 0 Å². The maximum atomic E-state index is 12.1. The average Bonchev–Trinajstić information content (AvgIpc) is 3.16. The fraction of sp³-hybridized carbons (Fsp3) is 0.632. The van der Waals surface area contributed by atoms with Crippen LogP contribution < -0.4 is 0 Å². The van der Waals surface area contributed by atoms with Gasteiger partial charge < -0.3 is 19.1 Å². The first-order chi connectivity index (χ1) is 12.0. The summed E-state index contributed by atoms with van der Waals surface area (Å²) >= 11 is 0. The number of methoxy groups -OCH3 is 2. The molecular weight excluding hydrogens is 320 g/mol. The van der Waals surface area contributed by atoms with Crippen LogP contribution in [-0.4, -0.2) is 74.1 Å². The highest BCUT2D eigenvalue weighted by atomic mass is 16.7. The van der Waals surface area contributed by atoms with E-state index in [1.165, 1.54) is 0 Å². The minimum atomic E-state index is -0.604. The zero-order valence-electron chi connectivity index (χ0n) is 15.3. The Morgan fingerprint density at radius 1 is 1.36 bits per heavy atom. The van der Waals surface area contributed by atoms with Gasteiger partial charge in [-0.2, -0.15) is 0 Å². The molecule has 2 saturated heterocycles. The van der Waals surface area contributed by atoms with Crippen LogP contribution in [0.5, 0.6) is 0 Å². The molecule has 1 aliphatic carbocycles. The summed E-state index contributed by atoms with van der Waals surface area (Å²) in [5, 5.41) is 0. The Balaban J connectivity index is 1.78. The zero-order valence-corrected chi connectivity index (χ0v) is 15.3. The van der Waals surface area contributed by atoms with Crippen molar-refractivity contribution in [1.82, 2.24) is 9.80 Å². The van der Waals surface area contributed by atoms with Crippen LogP contribution in [0.1, 0.15) is 19.8 Å². The highest BCUT2D eigenvalue weighted by Gasteiger charge is 2.71. The molecule has 0 bridgehead atoms. The molecule has 0 aromatic rings. The Morgan fingerprint density at radius 3 is 2.72 bits per heavy atom. The molecule has 0 N–H and O–H groups in total. The predicted octanol–water partition coefficient (Wildman–Crippen LogP) is 0.895. The van der Waals surface area contributed by atoms with Crippen molar-refractivity contribution < 1.29 is 19.0 Å². The number of carbonyl (C=O) groups excluding carboxylic acids is 1. The van der Waals surface area contributed by atoms with Gasteiger partial charge in [-0.05, 0) is 25.7 Å². The average molecular weight is 344 g/mol. The number of esters is 1. The Labute approximate surface area is 148 Å². The van der Waals surface area contributed by atoms with Gasteiger partial charge in [-0.15, -0.1) is 0 Å². The zero-order chi connectivity index (χ0) is 17.9. The van der Waals surface area contributed by atoms with Gasteiger partial charge >= 0.3 is 5.97 Å². The molecule has 3 heterocycles. The monoisotopic (exact) mass is 344 g/mol. The molecule has 2 fully saturated rings. The Morgan fingerprint density at radius 2 is 2.08 bits per heavy atom. The van der Waals surface area contributed by atoms with Crippen molar-refractivity contribution in [2.75, 3.05) is 28.3 Å². The first-order valence-electron chi connectivity index (χ1n) is 8.67. The minimum Gasteiger partial charge on any atom is -0.445 e. The normalized spacial score (nSPS) is 35.5. The van der Waals surface area contributed by atoms with Crippen LogP contribution >= 0.6 is 0 Å². The Kier molecular flexibility index (Phi) is 3.73. The molecular formula is C19H24N2O4. The molecule has 6 nitrogen and oxygen atoms in total. The maximum absolute atomic E-state index is 12.1. The number of nitrogens with zero attached hydrogens (tertiary/aromatic N) is 2. The summed E-state index contributed by atoms with van der Waals surface area (Å²) in [6.45, 7) is 2.16. The van der Waals surface area contributed by atoms with Crippen LogP contribution in [-0.2, 0) is 19.0 Å². The van der Waals surface area contributed by atoms with Crippen LogP contribution in [0.15, 0.2) is 22.8 Å². The second-order valence-corrected chi connectivity index (χ2v) is 7.26.